The Bertz CT molecular complexity index is 265. The number of aryl methyl sites for hydroxylation is 1. The summed E-state index contributed by atoms with van der Waals surface area (Å²) in [6.45, 7) is 2.04. The molecule has 0 aromatic carbocycles. The lowest BCUT2D eigenvalue weighted by Crippen LogP contribution is -2.14. The highest BCUT2D eigenvalue weighted by Gasteiger charge is 1.99. The molecule has 0 saturated carbocycles. The van der Waals surface area contributed by atoms with E-state index in [1.165, 1.54) is 0 Å². The fourth-order valence-corrected chi connectivity index (χ4v) is 0.739. The molecule has 12 heavy (non-hydrogen) atoms. The molecular weight excluding hydrogens is 159 g/mol. The molecule has 0 fully saturated rings. The molecular formula is C8H11FN2O. The van der Waals surface area contributed by atoms with Crippen LogP contribution in [0.3, 0.4) is 0 Å². The van der Waals surface area contributed by atoms with Crippen LogP contribution in [0.25, 0.3) is 0 Å². The standard InChI is InChI=1S/C8H11FN2O/c1-6-3-8(12-5-10-2)11-4-7(6)9/h3-4,10H,5H2,1-2H3. The van der Waals surface area contributed by atoms with E-state index in [9.17, 15) is 4.39 Å². The van der Waals surface area contributed by atoms with Crippen molar-refractivity contribution in [2.45, 2.75) is 6.92 Å². The van der Waals surface area contributed by atoms with Crippen molar-refractivity contribution in [3.05, 3.63) is 23.6 Å². The number of ether oxygens (including phenoxy) is 1. The fourth-order valence-electron chi connectivity index (χ4n) is 0.739. The minimum Gasteiger partial charge on any atom is -0.462 e. The molecule has 1 aromatic rings. The fraction of sp³-hybridized carbons (Fsp3) is 0.375. The third-order valence-corrected chi connectivity index (χ3v) is 1.39. The largest absolute Gasteiger partial charge is 0.462 e. The molecule has 0 unspecified atom stereocenters. The third-order valence-electron chi connectivity index (χ3n) is 1.39. The Morgan fingerprint density at radius 3 is 3.00 bits per heavy atom. The Labute approximate surface area is 70.6 Å². The van der Waals surface area contributed by atoms with Crippen molar-refractivity contribution in [3.63, 3.8) is 0 Å². The van der Waals surface area contributed by atoms with Gasteiger partial charge in [0.2, 0.25) is 5.88 Å². The van der Waals surface area contributed by atoms with Crippen LogP contribution in [-0.4, -0.2) is 18.8 Å². The first-order valence-corrected chi connectivity index (χ1v) is 3.63. The molecule has 0 saturated heterocycles. The Kier molecular flexibility index (Phi) is 2.99. The van der Waals surface area contributed by atoms with Crippen LogP contribution in [0.5, 0.6) is 5.88 Å². The van der Waals surface area contributed by atoms with Crippen LogP contribution in [0, 0.1) is 12.7 Å². The number of nitrogens with zero attached hydrogens (tertiary/aromatic N) is 1. The van der Waals surface area contributed by atoms with Crippen molar-refractivity contribution in [3.8, 4) is 5.88 Å². The van der Waals surface area contributed by atoms with Crippen LogP contribution in [-0.2, 0) is 0 Å². The molecule has 0 atom stereocenters. The van der Waals surface area contributed by atoms with E-state index < -0.39 is 0 Å². The smallest absolute Gasteiger partial charge is 0.214 e. The maximum Gasteiger partial charge on any atom is 0.214 e. The van der Waals surface area contributed by atoms with E-state index in [-0.39, 0.29) is 5.82 Å². The van der Waals surface area contributed by atoms with Gasteiger partial charge in [-0.05, 0) is 19.5 Å². The molecule has 0 aliphatic carbocycles. The van der Waals surface area contributed by atoms with Crippen LogP contribution in [0.2, 0.25) is 0 Å². The normalized spacial score (nSPS) is 9.92. The molecule has 0 bridgehead atoms. The Morgan fingerprint density at radius 2 is 2.42 bits per heavy atom. The molecule has 1 heterocycles. The van der Waals surface area contributed by atoms with Crippen molar-refractivity contribution < 1.29 is 9.13 Å². The van der Waals surface area contributed by atoms with Crippen LogP contribution < -0.4 is 10.1 Å². The first-order valence-electron chi connectivity index (χ1n) is 3.63. The van der Waals surface area contributed by atoms with Gasteiger partial charge in [0.15, 0.2) is 0 Å². The first-order chi connectivity index (χ1) is 5.74. The van der Waals surface area contributed by atoms with Gasteiger partial charge < -0.3 is 4.74 Å². The SMILES string of the molecule is CNCOc1cc(C)c(F)cn1. The van der Waals surface area contributed by atoms with E-state index in [0.29, 0.717) is 18.2 Å². The second kappa shape index (κ2) is 4.01. The molecule has 0 radical (unpaired) electrons. The molecule has 0 aliphatic rings. The molecule has 0 spiro atoms. The average molecular weight is 170 g/mol. The van der Waals surface area contributed by atoms with Crippen molar-refractivity contribution in [2.75, 3.05) is 13.8 Å². The summed E-state index contributed by atoms with van der Waals surface area (Å²) < 4.78 is 17.8. The zero-order valence-electron chi connectivity index (χ0n) is 7.10. The number of pyridine rings is 1. The Morgan fingerprint density at radius 1 is 1.67 bits per heavy atom. The maximum atomic E-state index is 12.7. The molecule has 1 aromatic heterocycles. The van der Waals surface area contributed by atoms with Gasteiger partial charge in [-0.1, -0.05) is 0 Å². The number of nitrogens with one attached hydrogen (secondary N) is 1. The van der Waals surface area contributed by atoms with E-state index in [2.05, 4.69) is 10.3 Å². The summed E-state index contributed by atoms with van der Waals surface area (Å²) in [7, 11) is 1.76. The summed E-state index contributed by atoms with van der Waals surface area (Å²) in [5.41, 5.74) is 0.538. The van der Waals surface area contributed by atoms with Gasteiger partial charge in [0.05, 0.1) is 6.20 Å². The summed E-state index contributed by atoms with van der Waals surface area (Å²) >= 11 is 0. The summed E-state index contributed by atoms with van der Waals surface area (Å²) in [6, 6.07) is 1.56. The maximum absolute atomic E-state index is 12.7. The number of halogens is 1. The van der Waals surface area contributed by atoms with Gasteiger partial charge in [0, 0.05) is 6.07 Å². The Hall–Kier alpha value is -1.16. The highest BCUT2D eigenvalue weighted by atomic mass is 19.1. The molecule has 1 N–H and O–H groups in total. The van der Waals surface area contributed by atoms with Crippen LogP contribution >= 0.6 is 0 Å². The van der Waals surface area contributed by atoms with E-state index in [1.54, 1.807) is 20.0 Å². The van der Waals surface area contributed by atoms with Crippen molar-refractivity contribution in [2.24, 2.45) is 0 Å². The predicted molar refractivity (Wildman–Crippen MR) is 43.5 cm³/mol. The molecule has 0 amide bonds. The van der Waals surface area contributed by atoms with Gasteiger partial charge >= 0.3 is 0 Å². The molecule has 4 heteroatoms. The van der Waals surface area contributed by atoms with Gasteiger partial charge in [-0.2, -0.15) is 0 Å². The lowest BCUT2D eigenvalue weighted by molar-refractivity contribution is 0.284. The van der Waals surface area contributed by atoms with Gasteiger partial charge in [-0.15, -0.1) is 0 Å². The van der Waals surface area contributed by atoms with Crippen LogP contribution in [0.4, 0.5) is 4.39 Å². The quantitative estimate of drug-likeness (QED) is 0.689. The predicted octanol–water partition coefficient (Wildman–Crippen LogP) is 1.08. The van der Waals surface area contributed by atoms with E-state index in [4.69, 9.17) is 4.74 Å². The molecule has 0 aliphatic heterocycles. The van der Waals surface area contributed by atoms with Crippen molar-refractivity contribution in [1.82, 2.24) is 10.3 Å². The number of rotatable bonds is 3. The monoisotopic (exact) mass is 170 g/mol. The minimum atomic E-state index is -0.313. The summed E-state index contributed by atoms with van der Waals surface area (Å²) in [6.07, 6.45) is 1.15. The highest BCUT2D eigenvalue weighted by Crippen LogP contribution is 2.11. The second-order valence-corrected chi connectivity index (χ2v) is 2.41. The first kappa shape index (κ1) is 8.93. The van der Waals surface area contributed by atoms with Crippen molar-refractivity contribution in [1.29, 1.82) is 0 Å². The zero-order chi connectivity index (χ0) is 8.97. The summed E-state index contributed by atoms with van der Waals surface area (Å²) in [5, 5.41) is 2.79. The lowest BCUT2D eigenvalue weighted by atomic mass is 10.3. The third kappa shape index (κ3) is 2.17. The van der Waals surface area contributed by atoms with Gasteiger partial charge in [-0.3, -0.25) is 5.32 Å². The van der Waals surface area contributed by atoms with Crippen molar-refractivity contribution >= 4 is 0 Å². The highest BCUT2D eigenvalue weighted by molar-refractivity contribution is 5.20. The molecule has 66 valence electrons. The topological polar surface area (TPSA) is 34.1 Å². The Balaban J connectivity index is 2.69. The van der Waals surface area contributed by atoms with E-state index in [1.807, 2.05) is 0 Å². The number of aromatic nitrogens is 1. The van der Waals surface area contributed by atoms with Crippen LogP contribution in [0.15, 0.2) is 12.3 Å². The van der Waals surface area contributed by atoms with Crippen LogP contribution in [0.1, 0.15) is 5.56 Å². The number of hydrogen-bond donors (Lipinski definition) is 1. The van der Waals surface area contributed by atoms with E-state index in [0.717, 1.165) is 6.20 Å². The minimum absolute atomic E-state index is 0.313. The molecule has 1 rings (SSSR count). The molecule has 3 nitrogen and oxygen atoms in total. The van der Waals surface area contributed by atoms with Gasteiger partial charge in [-0.25, -0.2) is 9.37 Å². The zero-order valence-corrected chi connectivity index (χ0v) is 7.10. The number of hydrogen-bond acceptors (Lipinski definition) is 3. The lowest BCUT2D eigenvalue weighted by Gasteiger charge is -2.04. The van der Waals surface area contributed by atoms with Gasteiger partial charge in [0.1, 0.15) is 12.5 Å². The average Bonchev–Trinajstić information content (AvgIpc) is 2.07. The summed E-state index contributed by atoms with van der Waals surface area (Å²) in [5.74, 6) is 0.120. The van der Waals surface area contributed by atoms with Gasteiger partial charge in [0.25, 0.3) is 0 Å². The second-order valence-electron chi connectivity index (χ2n) is 2.41. The summed E-state index contributed by atoms with van der Waals surface area (Å²) in [4.78, 5) is 3.74. The van der Waals surface area contributed by atoms with E-state index >= 15 is 0 Å².